The van der Waals surface area contributed by atoms with Crippen LogP contribution in [0.2, 0.25) is 0 Å². The lowest BCUT2D eigenvalue weighted by molar-refractivity contribution is -0.126. The van der Waals surface area contributed by atoms with E-state index in [2.05, 4.69) is 13.8 Å². The average Bonchev–Trinajstić information content (AvgIpc) is 2.82. The summed E-state index contributed by atoms with van der Waals surface area (Å²) in [5.74, 6) is 2.20. The number of fused-ring (bicyclic) bond motifs is 5. The fourth-order valence-electron chi connectivity index (χ4n) is 7.11. The summed E-state index contributed by atoms with van der Waals surface area (Å²) >= 11 is 0. The van der Waals surface area contributed by atoms with Gasteiger partial charge in [0.15, 0.2) is 5.78 Å². The number of hydrogen-bond acceptors (Lipinski definition) is 3. The normalized spacial score (nSPS) is 52.4. The molecular formula is C20H30O3. The van der Waals surface area contributed by atoms with E-state index < -0.39 is 0 Å². The van der Waals surface area contributed by atoms with Gasteiger partial charge in [-0.2, -0.15) is 0 Å². The minimum atomic E-state index is -0.208. The van der Waals surface area contributed by atoms with Crippen LogP contribution in [0, 0.1) is 34.5 Å². The Balaban J connectivity index is 1.76. The van der Waals surface area contributed by atoms with Crippen LogP contribution < -0.4 is 0 Å². The highest BCUT2D eigenvalue weighted by atomic mass is 16.3. The first-order chi connectivity index (χ1) is 10.9. The molecule has 0 spiro atoms. The third-order valence-corrected chi connectivity index (χ3v) is 8.22. The van der Waals surface area contributed by atoms with Gasteiger partial charge in [0.1, 0.15) is 0 Å². The van der Waals surface area contributed by atoms with Gasteiger partial charge in [0, 0.05) is 13.0 Å². The summed E-state index contributed by atoms with van der Waals surface area (Å²) in [6, 6.07) is 0. The third kappa shape index (κ3) is 2.05. The largest absolute Gasteiger partial charge is 0.396 e. The molecule has 3 fully saturated rings. The fraction of sp³-hybridized carbons (Fsp3) is 0.850. The van der Waals surface area contributed by atoms with Crippen molar-refractivity contribution in [2.75, 3.05) is 6.61 Å². The van der Waals surface area contributed by atoms with Gasteiger partial charge in [0.25, 0.3) is 0 Å². The second-order valence-corrected chi connectivity index (χ2v) is 9.13. The summed E-state index contributed by atoms with van der Waals surface area (Å²) < 4.78 is 0. The van der Waals surface area contributed by atoms with Crippen LogP contribution in [0.5, 0.6) is 0 Å². The van der Waals surface area contributed by atoms with E-state index in [4.69, 9.17) is 0 Å². The standard InChI is InChI=1S/C20H30O3/c1-19-8-7-14(22)9-13(19)3-4-15-16-5-6-17(23)20(16,2)10-12(11-21)18(15)19/h9,12,15-18,21,23H,3-8,10-11H2,1-2H3/t12?,15?,16?,17-,18?,19-,20-/m0/s1. The smallest absolute Gasteiger partial charge is 0.155 e. The van der Waals surface area contributed by atoms with Gasteiger partial charge in [-0.3, -0.25) is 4.79 Å². The van der Waals surface area contributed by atoms with E-state index in [1.54, 1.807) is 0 Å². The summed E-state index contributed by atoms with van der Waals surface area (Å²) in [5, 5.41) is 20.7. The van der Waals surface area contributed by atoms with Gasteiger partial charge in [-0.1, -0.05) is 19.4 Å². The summed E-state index contributed by atoms with van der Waals surface area (Å²) in [7, 11) is 0. The van der Waals surface area contributed by atoms with Crippen molar-refractivity contribution in [3.05, 3.63) is 11.6 Å². The van der Waals surface area contributed by atoms with Gasteiger partial charge in [-0.05, 0) is 79.1 Å². The second kappa shape index (κ2) is 5.16. The van der Waals surface area contributed by atoms with Gasteiger partial charge in [0.05, 0.1) is 6.10 Å². The maximum absolute atomic E-state index is 11.9. The first-order valence-electron chi connectivity index (χ1n) is 9.43. The number of carbonyl (C=O) groups is 1. The highest BCUT2D eigenvalue weighted by Gasteiger charge is 2.61. The van der Waals surface area contributed by atoms with E-state index in [1.807, 2.05) is 6.08 Å². The molecule has 0 aliphatic heterocycles. The molecule has 23 heavy (non-hydrogen) atoms. The van der Waals surface area contributed by atoms with Crippen LogP contribution in [-0.4, -0.2) is 28.7 Å². The van der Waals surface area contributed by atoms with E-state index in [1.165, 1.54) is 5.57 Å². The topological polar surface area (TPSA) is 57.5 Å². The molecule has 0 aromatic rings. The zero-order valence-corrected chi connectivity index (χ0v) is 14.4. The van der Waals surface area contributed by atoms with Crippen LogP contribution in [0.4, 0.5) is 0 Å². The van der Waals surface area contributed by atoms with Crippen LogP contribution in [0.1, 0.15) is 58.8 Å². The Morgan fingerprint density at radius 2 is 2.00 bits per heavy atom. The predicted octanol–water partition coefficient (Wildman–Crippen LogP) is 3.10. The maximum atomic E-state index is 11.9. The maximum Gasteiger partial charge on any atom is 0.155 e. The molecule has 4 rings (SSSR count). The molecular weight excluding hydrogens is 288 g/mol. The van der Waals surface area contributed by atoms with Crippen LogP contribution in [0.15, 0.2) is 11.6 Å². The van der Waals surface area contributed by atoms with Crippen molar-refractivity contribution in [2.45, 2.75) is 64.9 Å². The van der Waals surface area contributed by atoms with Gasteiger partial charge in [-0.15, -0.1) is 0 Å². The third-order valence-electron chi connectivity index (χ3n) is 8.22. The van der Waals surface area contributed by atoms with E-state index >= 15 is 0 Å². The minimum absolute atomic E-state index is 0.0172. The van der Waals surface area contributed by atoms with E-state index in [9.17, 15) is 15.0 Å². The molecule has 0 bridgehead atoms. The first-order valence-corrected chi connectivity index (χ1v) is 9.43. The lowest BCUT2D eigenvalue weighted by Crippen LogP contribution is -2.55. The zero-order valence-electron chi connectivity index (χ0n) is 14.4. The van der Waals surface area contributed by atoms with Gasteiger partial charge in [0.2, 0.25) is 0 Å². The number of allylic oxidation sites excluding steroid dienone is 1. The first kappa shape index (κ1) is 15.8. The van der Waals surface area contributed by atoms with Gasteiger partial charge in [-0.25, -0.2) is 0 Å². The molecule has 0 aromatic carbocycles. The monoisotopic (exact) mass is 318 g/mol. The molecule has 0 amide bonds. The Hall–Kier alpha value is -0.670. The van der Waals surface area contributed by atoms with E-state index in [0.29, 0.717) is 24.2 Å². The Bertz CT molecular complexity index is 553. The molecule has 0 radical (unpaired) electrons. The van der Waals surface area contributed by atoms with Crippen LogP contribution in [0.25, 0.3) is 0 Å². The van der Waals surface area contributed by atoms with Crippen molar-refractivity contribution in [1.29, 1.82) is 0 Å². The minimum Gasteiger partial charge on any atom is -0.396 e. The summed E-state index contributed by atoms with van der Waals surface area (Å²) in [6.07, 6.45) is 8.46. The summed E-state index contributed by atoms with van der Waals surface area (Å²) in [5.41, 5.74) is 1.41. The number of aliphatic hydroxyl groups is 2. The Labute approximate surface area is 139 Å². The summed E-state index contributed by atoms with van der Waals surface area (Å²) in [6.45, 7) is 4.82. The molecule has 0 heterocycles. The van der Waals surface area contributed by atoms with Gasteiger partial charge < -0.3 is 10.2 Å². The van der Waals surface area contributed by atoms with Crippen LogP contribution in [0.3, 0.4) is 0 Å². The van der Waals surface area contributed by atoms with Gasteiger partial charge >= 0.3 is 0 Å². The molecule has 4 aliphatic rings. The van der Waals surface area contributed by atoms with Crippen molar-refractivity contribution in [1.82, 2.24) is 0 Å². The Morgan fingerprint density at radius 3 is 2.74 bits per heavy atom. The Morgan fingerprint density at radius 1 is 1.22 bits per heavy atom. The highest BCUT2D eigenvalue weighted by molar-refractivity contribution is 5.91. The quantitative estimate of drug-likeness (QED) is 0.781. The van der Waals surface area contributed by atoms with Crippen molar-refractivity contribution >= 4 is 5.78 Å². The van der Waals surface area contributed by atoms with Crippen molar-refractivity contribution in [3.8, 4) is 0 Å². The molecule has 4 aliphatic carbocycles. The number of carbonyl (C=O) groups excluding carboxylic acids is 1. The van der Waals surface area contributed by atoms with E-state index in [0.717, 1.165) is 38.5 Å². The molecule has 128 valence electrons. The number of aliphatic hydroxyl groups excluding tert-OH is 2. The number of hydrogen-bond donors (Lipinski definition) is 2. The molecule has 3 heteroatoms. The molecule has 7 atom stereocenters. The number of ketones is 1. The fourth-order valence-corrected chi connectivity index (χ4v) is 7.11. The van der Waals surface area contributed by atoms with E-state index in [-0.39, 0.29) is 35.2 Å². The molecule has 0 saturated heterocycles. The molecule has 0 aromatic heterocycles. The molecule has 4 unspecified atom stereocenters. The van der Waals surface area contributed by atoms with Crippen molar-refractivity contribution in [2.24, 2.45) is 34.5 Å². The molecule has 3 nitrogen and oxygen atoms in total. The van der Waals surface area contributed by atoms with Crippen LogP contribution >= 0.6 is 0 Å². The lowest BCUT2D eigenvalue weighted by atomic mass is 9.44. The SMILES string of the molecule is C[C@]12CCC(=O)C=C1CCC1C2C(CO)C[C@@]2(C)C1CC[C@@H]2O. The van der Waals surface area contributed by atoms with Crippen molar-refractivity contribution < 1.29 is 15.0 Å². The van der Waals surface area contributed by atoms with Crippen molar-refractivity contribution in [3.63, 3.8) is 0 Å². The molecule has 3 saturated carbocycles. The number of rotatable bonds is 1. The second-order valence-electron chi connectivity index (χ2n) is 9.13. The highest BCUT2D eigenvalue weighted by Crippen LogP contribution is 2.66. The Kier molecular flexibility index (Phi) is 3.55. The lowest BCUT2D eigenvalue weighted by Gasteiger charge is -2.60. The van der Waals surface area contributed by atoms with Crippen LogP contribution in [-0.2, 0) is 4.79 Å². The molecule has 2 N–H and O–H groups in total. The summed E-state index contributed by atoms with van der Waals surface area (Å²) in [4.78, 5) is 11.9. The zero-order chi connectivity index (χ0) is 16.4. The average molecular weight is 318 g/mol. The predicted molar refractivity (Wildman–Crippen MR) is 88.7 cm³/mol.